The molecule has 2 saturated heterocycles. The molecule has 3 atom stereocenters. The first-order valence-electron chi connectivity index (χ1n) is 13.6. The molecule has 0 spiro atoms. The summed E-state index contributed by atoms with van der Waals surface area (Å²) in [5.41, 5.74) is 5.10. The molecule has 2 aromatic rings. The number of piperidine rings is 1. The van der Waals surface area contributed by atoms with Crippen molar-refractivity contribution in [2.24, 2.45) is 0 Å². The second kappa shape index (κ2) is 14.4. The van der Waals surface area contributed by atoms with Crippen LogP contribution in [0.2, 0.25) is 0 Å². The molecule has 0 unspecified atom stereocenters. The fraction of sp³-hybridized carbons (Fsp3) is 0.517. The van der Waals surface area contributed by atoms with Gasteiger partial charge >= 0.3 is 0 Å². The summed E-state index contributed by atoms with van der Waals surface area (Å²) in [6, 6.07) is 15.4. The monoisotopic (exact) mass is 525 g/mol. The maximum Gasteiger partial charge on any atom is 0.243 e. The van der Waals surface area contributed by atoms with Gasteiger partial charge < -0.3 is 24.8 Å². The summed E-state index contributed by atoms with van der Waals surface area (Å²) in [5.74, 6) is -0.573. The quantitative estimate of drug-likeness (QED) is 0.197. The summed E-state index contributed by atoms with van der Waals surface area (Å²) in [5, 5.41) is 20.8. The Morgan fingerprint density at radius 2 is 1.53 bits per heavy atom. The summed E-state index contributed by atoms with van der Waals surface area (Å²) >= 11 is 0. The Hall–Kier alpha value is -2.82. The number of rotatable bonds is 11. The van der Waals surface area contributed by atoms with Crippen molar-refractivity contribution in [3.63, 3.8) is 0 Å². The van der Waals surface area contributed by atoms with E-state index in [9.17, 15) is 14.7 Å². The number of nitrogens with one attached hydrogen (secondary N) is 2. The lowest BCUT2D eigenvalue weighted by Gasteiger charge is -2.39. The third kappa shape index (κ3) is 8.34. The predicted octanol–water partition coefficient (Wildman–Crippen LogP) is 4.21. The van der Waals surface area contributed by atoms with Gasteiger partial charge in [-0.1, -0.05) is 42.8 Å². The van der Waals surface area contributed by atoms with Crippen LogP contribution in [0.5, 0.6) is 0 Å². The molecule has 0 radical (unpaired) electrons. The molecular formula is C29H39N3O6. The molecule has 2 fully saturated rings. The minimum Gasteiger partial charge on any atom is -0.392 e. The van der Waals surface area contributed by atoms with Gasteiger partial charge in [-0.25, -0.2) is 5.48 Å². The number of unbranched alkanes of at least 4 members (excludes halogenated alkanes) is 1. The number of nitrogens with zero attached hydrogens (tertiary/aromatic N) is 1. The van der Waals surface area contributed by atoms with E-state index in [2.05, 4.69) is 10.2 Å². The van der Waals surface area contributed by atoms with Crippen LogP contribution < -0.4 is 10.8 Å². The molecule has 2 aromatic carbocycles. The van der Waals surface area contributed by atoms with Gasteiger partial charge in [0.2, 0.25) is 11.8 Å². The van der Waals surface area contributed by atoms with Crippen LogP contribution in [0.4, 0.5) is 5.69 Å². The van der Waals surface area contributed by atoms with E-state index in [1.807, 2.05) is 48.5 Å². The SMILES string of the molecule is O=C(CCCCC(=O)Nc1ccc([C@@H]2O[C@H](CN3CCCCC3)C[C@H](c3ccc(CO)cc3)O2)cc1)NO. The van der Waals surface area contributed by atoms with Gasteiger partial charge in [-0.3, -0.25) is 14.8 Å². The van der Waals surface area contributed by atoms with Gasteiger partial charge in [0, 0.05) is 37.1 Å². The molecule has 0 bridgehead atoms. The highest BCUT2D eigenvalue weighted by atomic mass is 16.7. The highest BCUT2D eigenvalue weighted by Gasteiger charge is 2.33. The second-order valence-corrected chi connectivity index (χ2v) is 10.1. The van der Waals surface area contributed by atoms with E-state index in [-0.39, 0.29) is 31.1 Å². The summed E-state index contributed by atoms with van der Waals surface area (Å²) in [6.45, 7) is 3.09. The van der Waals surface area contributed by atoms with Crippen molar-refractivity contribution in [3.05, 3.63) is 65.2 Å². The maximum atomic E-state index is 12.3. The van der Waals surface area contributed by atoms with E-state index in [0.29, 0.717) is 24.9 Å². The van der Waals surface area contributed by atoms with Gasteiger partial charge in [0.25, 0.3) is 0 Å². The average molecular weight is 526 g/mol. The Balaban J connectivity index is 1.38. The van der Waals surface area contributed by atoms with Crippen LogP contribution in [0.15, 0.2) is 48.5 Å². The Bertz CT molecular complexity index is 1020. The van der Waals surface area contributed by atoms with E-state index in [1.54, 1.807) is 5.48 Å². The average Bonchev–Trinajstić information content (AvgIpc) is 2.96. The van der Waals surface area contributed by atoms with Gasteiger partial charge in [0.1, 0.15) is 0 Å². The predicted molar refractivity (Wildman–Crippen MR) is 142 cm³/mol. The molecular weight excluding hydrogens is 486 g/mol. The zero-order valence-corrected chi connectivity index (χ0v) is 21.8. The first-order valence-corrected chi connectivity index (χ1v) is 13.6. The summed E-state index contributed by atoms with van der Waals surface area (Å²) < 4.78 is 12.9. The lowest BCUT2D eigenvalue weighted by molar-refractivity contribution is -0.253. The first kappa shape index (κ1) is 28.2. The number of amides is 2. The van der Waals surface area contributed by atoms with Crippen LogP contribution in [0.1, 0.15) is 80.5 Å². The molecule has 0 aliphatic carbocycles. The first-order chi connectivity index (χ1) is 18.5. The third-order valence-corrected chi connectivity index (χ3v) is 7.17. The van der Waals surface area contributed by atoms with Crippen LogP contribution in [0.25, 0.3) is 0 Å². The standard InChI is InChI=1S/C29H39N3O6/c33-20-21-8-10-22(11-9-21)26-18-25(19-32-16-4-1-5-17-32)37-29(38-26)23-12-14-24(15-13-23)30-27(34)6-2-3-7-28(35)31-36/h8-15,25-26,29,33,36H,1-7,16-20H2,(H,30,34)(H,31,35)/t25-,26+,29+/m0/s1. The van der Waals surface area contributed by atoms with Crippen molar-refractivity contribution in [3.8, 4) is 0 Å². The van der Waals surface area contributed by atoms with Gasteiger partial charge in [0.15, 0.2) is 6.29 Å². The van der Waals surface area contributed by atoms with Crippen molar-refractivity contribution in [2.45, 2.75) is 76.5 Å². The smallest absolute Gasteiger partial charge is 0.243 e. The zero-order chi connectivity index (χ0) is 26.7. The molecule has 0 aromatic heterocycles. The number of aliphatic hydroxyl groups excluding tert-OH is 1. The van der Waals surface area contributed by atoms with Crippen LogP contribution in [-0.2, 0) is 25.7 Å². The van der Waals surface area contributed by atoms with Crippen LogP contribution in [0.3, 0.4) is 0 Å². The van der Waals surface area contributed by atoms with E-state index >= 15 is 0 Å². The van der Waals surface area contributed by atoms with Crippen LogP contribution in [-0.4, -0.2) is 52.8 Å². The van der Waals surface area contributed by atoms with Gasteiger partial charge in [-0.2, -0.15) is 0 Å². The molecule has 38 heavy (non-hydrogen) atoms. The normalized spacial score (nSPS) is 22.1. The van der Waals surface area contributed by atoms with E-state index in [1.165, 1.54) is 19.3 Å². The number of hydrogen-bond acceptors (Lipinski definition) is 7. The number of hydroxylamine groups is 1. The molecule has 206 valence electrons. The number of likely N-dealkylation sites (tertiary alicyclic amines) is 1. The molecule has 2 heterocycles. The van der Waals surface area contributed by atoms with Crippen molar-refractivity contribution >= 4 is 17.5 Å². The lowest BCUT2D eigenvalue weighted by atomic mass is 9.99. The molecule has 0 saturated carbocycles. The molecule has 9 heteroatoms. The van der Waals surface area contributed by atoms with Gasteiger partial charge in [-0.05, 0) is 62.0 Å². The highest BCUT2D eigenvalue weighted by molar-refractivity contribution is 5.90. The topological polar surface area (TPSA) is 120 Å². The number of carbonyl (C=O) groups is 2. The summed E-state index contributed by atoms with van der Waals surface area (Å²) in [6.07, 6.45) is 5.45. The van der Waals surface area contributed by atoms with Gasteiger partial charge in [0.05, 0.1) is 18.8 Å². The number of hydrogen-bond donors (Lipinski definition) is 4. The third-order valence-electron chi connectivity index (χ3n) is 7.17. The number of benzene rings is 2. The van der Waals surface area contributed by atoms with Crippen molar-refractivity contribution in [1.29, 1.82) is 0 Å². The lowest BCUT2D eigenvalue weighted by Crippen LogP contribution is -2.41. The van der Waals surface area contributed by atoms with Crippen LogP contribution in [0, 0.1) is 0 Å². The molecule has 2 aliphatic rings. The van der Waals surface area contributed by atoms with Crippen molar-refractivity contribution < 1.29 is 29.4 Å². The largest absolute Gasteiger partial charge is 0.392 e. The second-order valence-electron chi connectivity index (χ2n) is 10.1. The van der Waals surface area contributed by atoms with E-state index < -0.39 is 12.2 Å². The van der Waals surface area contributed by atoms with Crippen LogP contribution >= 0.6 is 0 Å². The number of carbonyl (C=O) groups excluding carboxylic acids is 2. The number of ether oxygens (including phenoxy) is 2. The van der Waals surface area contributed by atoms with E-state index in [0.717, 1.165) is 42.7 Å². The Kier molecular flexibility index (Phi) is 10.7. The maximum absolute atomic E-state index is 12.3. The summed E-state index contributed by atoms with van der Waals surface area (Å²) in [4.78, 5) is 25.8. The summed E-state index contributed by atoms with van der Waals surface area (Å²) in [7, 11) is 0. The minimum absolute atomic E-state index is 0.0128. The fourth-order valence-electron chi connectivity index (χ4n) is 5.04. The number of aliphatic hydroxyl groups is 1. The number of anilines is 1. The van der Waals surface area contributed by atoms with Crippen molar-refractivity contribution in [1.82, 2.24) is 10.4 Å². The molecule has 2 aliphatic heterocycles. The molecule has 9 nitrogen and oxygen atoms in total. The van der Waals surface area contributed by atoms with Gasteiger partial charge in [-0.15, -0.1) is 0 Å². The fourth-order valence-corrected chi connectivity index (χ4v) is 5.04. The zero-order valence-electron chi connectivity index (χ0n) is 21.8. The van der Waals surface area contributed by atoms with E-state index in [4.69, 9.17) is 14.7 Å². The molecule has 4 N–H and O–H groups in total. The van der Waals surface area contributed by atoms with Crippen molar-refractivity contribution in [2.75, 3.05) is 25.0 Å². The molecule has 2 amide bonds. The Morgan fingerprint density at radius 1 is 0.868 bits per heavy atom. The Labute approximate surface area is 224 Å². The highest BCUT2D eigenvalue weighted by Crippen LogP contribution is 2.38. The minimum atomic E-state index is -0.525. The molecule has 4 rings (SSSR count). The Morgan fingerprint density at radius 3 is 2.18 bits per heavy atom.